The van der Waals surface area contributed by atoms with Crippen LogP contribution in [0.2, 0.25) is 0 Å². The summed E-state index contributed by atoms with van der Waals surface area (Å²) >= 11 is 0. The lowest BCUT2D eigenvalue weighted by molar-refractivity contribution is -0.145. The molecule has 0 radical (unpaired) electrons. The average Bonchev–Trinajstić information content (AvgIpc) is 2.84. The summed E-state index contributed by atoms with van der Waals surface area (Å²) in [5.74, 6) is -1.52. The van der Waals surface area contributed by atoms with Gasteiger partial charge in [0.15, 0.2) is 0 Å². The number of nitrogens with one attached hydrogen (secondary N) is 1. The van der Waals surface area contributed by atoms with Crippen LogP contribution in [0.15, 0.2) is 30.3 Å². The van der Waals surface area contributed by atoms with Gasteiger partial charge in [0.2, 0.25) is 5.91 Å². The minimum atomic E-state index is -1.33. The Hall–Kier alpha value is -2.77. The van der Waals surface area contributed by atoms with Gasteiger partial charge in [-0.15, -0.1) is 5.10 Å². The van der Waals surface area contributed by atoms with Crippen LogP contribution in [0.25, 0.3) is 0 Å². The summed E-state index contributed by atoms with van der Waals surface area (Å²) in [6, 6.07) is 8.62. The zero-order valence-corrected chi connectivity index (χ0v) is 11.6. The van der Waals surface area contributed by atoms with Gasteiger partial charge in [-0.05, 0) is 17.7 Å². The molecule has 2 N–H and O–H groups in total. The Morgan fingerprint density at radius 1 is 1.33 bits per heavy atom. The van der Waals surface area contributed by atoms with Crippen molar-refractivity contribution in [1.82, 2.24) is 20.2 Å². The van der Waals surface area contributed by atoms with Gasteiger partial charge in [-0.25, -0.2) is 0 Å². The van der Waals surface area contributed by atoms with Gasteiger partial charge in [-0.1, -0.05) is 35.4 Å². The van der Waals surface area contributed by atoms with Gasteiger partial charge in [0.1, 0.15) is 0 Å². The Kier molecular flexibility index (Phi) is 3.97. The molecule has 1 aromatic heterocycles. The van der Waals surface area contributed by atoms with E-state index in [9.17, 15) is 14.7 Å². The van der Waals surface area contributed by atoms with Gasteiger partial charge in [0.25, 0.3) is 5.95 Å². The Labute approximate surface area is 120 Å². The number of carboxylic acids is 1. The van der Waals surface area contributed by atoms with Crippen LogP contribution < -0.4 is 5.32 Å². The van der Waals surface area contributed by atoms with Crippen molar-refractivity contribution in [2.45, 2.75) is 18.8 Å². The van der Waals surface area contributed by atoms with E-state index >= 15 is 0 Å². The molecule has 0 aliphatic rings. The van der Waals surface area contributed by atoms with E-state index in [1.165, 1.54) is 11.7 Å². The van der Waals surface area contributed by atoms with Crippen LogP contribution in [0.4, 0.5) is 5.95 Å². The molecule has 0 spiro atoms. The molecule has 0 saturated heterocycles. The summed E-state index contributed by atoms with van der Waals surface area (Å²) < 4.78 is 0. The molecule has 1 aromatic carbocycles. The van der Waals surface area contributed by atoms with Gasteiger partial charge in [0, 0.05) is 6.42 Å². The van der Waals surface area contributed by atoms with E-state index in [0.29, 0.717) is 5.56 Å². The molecule has 8 heteroatoms. The molecule has 21 heavy (non-hydrogen) atoms. The summed E-state index contributed by atoms with van der Waals surface area (Å²) in [6.45, 7) is 1.51. The number of nitrogens with zero attached hydrogens (tertiary/aromatic N) is 4. The Morgan fingerprint density at radius 3 is 2.52 bits per heavy atom. The number of anilines is 1. The highest BCUT2D eigenvalue weighted by molar-refractivity contribution is 5.95. The van der Waals surface area contributed by atoms with Gasteiger partial charge < -0.3 is 5.11 Å². The quantitative estimate of drug-likeness (QED) is 0.833. The standard InChI is InChI=1S/C13H15N5O3/c1-13(11(20)21,9-6-4-3-5-7-9)8-10(19)14-12-15-17-18(2)16-12/h3-7H,8H2,1-2H3,(H,20,21)(H,14,16,19). The normalized spacial score (nSPS) is 13.4. The maximum absolute atomic E-state index is 12.0. The Balaban J connectivity index is 2.17. The van der Waals surface area contributed by atoms with Crippen molar-refractivity contribution in [3.05, 3.63) is 35.9 Å². The predicted octanol–water partition coefficient (Wildman–Crippen LogP) is 0.581. The third-order valence-corrected chi connectivity index (χ3v) is 3.16. The molecule has 8 nitrogen and oxygen atoms in total. The maximum Gasteiger partial charge on any atom is 0.314 e. The molecule has 1 atom stereocenters. The molecule has 0 fully saturated rings. The minimum Gasteiger partial charge on any atom is -0.481 e. The lowest BCUT2D eigenvalue weighted by Gasteiger charge is -2.24. The molecular formula is C13H15N5O3. The van der Waals surface area contributed by atoms with Crippen molar-refractivity contribution < 1.29 is 14.7 Å². The molecule has 0 aliphatic heterocycles. The summed E-state index contributed by atoms with van der Waals surface area (Å²) in [4.78, 5) is 24.8. The Morgan fingerprint density at radius 2 is 2.00 bits per heavy atom. The molecule has 0 aliphatic carbocycles. The van der Waals surface area contributed by atoms with E-state index in [0.717, 1.165) is 0 Å². The molecule has 1 unspecified atom stereocenters. The zero-order chi connectivity index (χ0) is 15.5. The first-order valence-corrected chi connectivity index (χ1v) is 6.24. The van der Waals surface area contributed by atoms with Crippen LogP contribution in [0, 0.1) is 0 Å². The number of aryl methyl sites for hydroxylation is 1. The van der Waals surface area contributed by atoms with Gasteiger partial charge in [0.05, 0.1) is 12.5 Å². The first-order valence-electron chi connectivity index (χ1n) is 6.24. The number of carboxylic acid groups (broad SMARTS) is 1. The molecule has 0 saturated carbocycles. The van der Waals surface area contributed by atoms with Crippen molar-refractivity contribution in [2.24, 2.45) is 7.05 Å². The lowest BCUT2D eigenvalue weighted by atomic mass is 9.79. The largest absolute Gasteiger partial charge is 0.481 e. The number of carbonyl (C=O) groups is 2. The summed E-state index contributed by atoms with van der Waals surface area (Å²) in [5.41, 5.74) is -0.771. The summed E-state index contributed by atoms with van der Waals surface area (Å²) in [5, 5.41) is 22.9. The van der Waals surface area contributed by atoms with Crippen molar-refractivity contribution in [2.75, 3.05) is 5.32 Å². The van der Waals surface area contributed by atoms with Crippen LogP contribution in [-0.4, -0.2) is 37.2 Å². The van der Waals surface area contributed by atoms with E-state index in [4.69, 9.17) is 0 Å². The second-order valence-corrected chi connectivity index (χ2v) is 4.83. The number of tetrazole rings is 1. The van der Waals surface area contributed by atoms with Crippen LogP contribution in [0.1, 0.15) is 18.9 Å². The van der Waals surface area contributed by atoms with E-state index in [2.05, 4.69) is 20.7 Å². The van der Waals surface area contributed by atoms with Crippen LogP contribution in [0.3, 0.4) is 0 Å². The van der Waals surface area contributed by atoms with E-state index in [1.54, 1.807) is 37.4 Å². The summed E-state index contributed by atoms with van der Waals surface area (Å²) in [7, 11) is 1.56. The number of aromatic nitrogens is 4. The number of rotatable bonds is 5. The number of amides is 1. The highest BCUT2D eigenvalue weighted by atomic mass is 16.4. The second kappa shape index (κ2) is 5.70. The number of hydrogen-bond acceptors (Lipinski definition) is 5. The minimum absolute atomic E-state index is 0.0447. The number of aliphatic carboxylic acids is 1. The number of hydrogen-bond donors (Lipinski definition) is 2. The molecule has 2 rings (SSSR count). The van der Waals surface area contributed by atoms with Gasteiger partial charge in [-0.3, -0.25) is 14.9 Å². The SMILES string of the molecule is Cn1nnc(NC(=O)CC(C)(C(=O)O)c2ccccc2)n1. The molecule has 0 bridgehead atoms. The molecule has 110 valence electrons. The lowest BCUT2D eigenvalue weighted by Crippen LogP contribution is -2.36. The van der Waals surface area contributed by atoms with Gasteiger partial charge in [-0.2, -0.15) is 4.80 Å². The molecule has 2 aromatic rings. The highest BCUT2D eigenvalue weighted by Gasteiger charge is 2.37. The first kappa shape index (κ1) is 14.6. The van der Waals surface area contributed by atoms with E-state index in [-0.39, 0.29) is 12.4 Å². The van der Waals surface area contributed by atoms with Crippen molar-refractivity contribution in [3.63, 3.8) is 0 Å². The summed E-state index contributed by atoms with van der Waals surface area (Å²) in [6.07, 6.45) is -0.232. The van der Waals surface area contributed by atoms with Gasteiger partial charge >= 0.3 is 5.97 Å². The second-order valence-electron chi connectivity index (χ2n) is 4.83. The zero-order valence-electron chi connectivity index (χ0n) is 11.6. The highest BCUT2D eigenvalue weighted by Crippen LogP contribution is 2.28. The first-order chi connectivity index (χ1) is 9.91. The van der Waals surface area contributed by atoms with E-state index in [1.807, 2.05) is 0 Å². The number of benzene rings is 1. The molecule has 1 heterocycles. The number of carbonyl (C=O) groups excluding carboxylic acids is 1. The van der Waals surface area contributed by atoms with Crippen molar-refractivity contribution in [1.29, 1.82) is 0 Å². The third kappa shape index (κ3) is 3.22. The fourth-order valence-corrected chi connectivity index (χ4v) is 1.93. The Bertz CT molecular complexity index is 655. The average molecular weight is 289 g/mol. The predicted molar refractivity (Wildman–Crippen MR) is 73.5 cm³/mol. The molecular weight excluding hydrogens is 274 g/mol. The van der Waals surface area contributed by atoms with Crippen LogP contribution in [-0.2, 0) is 22.1 Å². The maximum atomic E-state index is 12.0. The monoisotopic (exact) mass is 289 g/mol. The van der Waals surface area contributed by atoms with Crippen molar-refractivity contribution in [3.8, 4) is 0 Å². The van der Waals surface area contributed by atoms with Crippen LogP contribution >= 0.6 is 0 Å². The smallest absolute Gasteiger partial charge is 0.314 e. The third-order valence-electron chi connectivity index (χ3n) is 3.16. The van der Waals surface area contributed by atoms with Crippen molar-refractivity contribution >= 4 is 17.8 Å². The van der Waals surface area contributed by atoms with Crippen LogP contribution in [0.5, 0.6) is 0 Å². The van der Waals surface area contributed by atoms with E-state index < -0.39 is 17.3 Å². The molecule has 1 amide bonds. The fourth-order valence-electron chi connectivity index (χ4n) is 1.93. The fraction of sp³-hybridized carbons (Fsp3) is 0.308. The topological polar surface area (TPSA) is 110 Å².